The summed E-state index contributed by atoms with van der Waals surface area (Å²) >= 11 is 0. The Morgan fingerprint density at radius 3 is 2.64 bits per heavy atom. The van der Waals surface area contributed by atoms with E-state index >= 15 is 0 Å². The van der Waals surface area contributed by atoms with Crippen LogP contribution >= 0.6 is 0 Å². The fraction of sp³-hybridized carbons (Fsp3) is 0.600. The van der Waals surface area contributed by atoms with E-state index in [1.54, 1.807) is 6.20 Å². The van der Waals surface area contributed by atoms with Gasteiger partial charge in [-0.3, -0.25) is 4.98 Å². The molecule has 0 saturated heterocycles. The van der Waals surface area contributed by atoms with Crippen molar-refractivity contribution in [1.82, 2.24) is 9.97 Å². The van der Waals surface area contributed by atoms with Gasteiger partial charge in [0.25, 0.3) is 0 Å². The van der Waals surface area contributed by atoms with Crippen molar-refractivity contribution >= 4 is 11.6 Å². The van der Waals surface area contributed by atoms with Gasteiger partial charge in [-0.15, -0.1) is 0 Å². The molecule has 1 aromatic heterocycles. The zero-order valence-electron chi connectivity index (χ0n) is 8.99. The molecule has 4 nitrogen and oxygen atoms in total. The lowest BCUT2D eigenvalue weighted by Crippen LogP contribution is -2.18. The molecule has 0 aliphatic rings. The summed E-state index contributed by atoms with van der Waals surface area (Å²) in [5, 5.41) is 3.26. The van der Waals surface area contributed by atoms with Gasteiger partial charge in [0.1, 0.15) is 11.6 Å². The van der Waals surface area contributed by atoms with Crippen molar-refractivity contribution in [2.45, 2.75) is 33.2 Å². The summed E-state index contributed by atoms with van der Waals surface area (Å²) in [5.74, 6) is 1.87. The van der Waals surface area contributed by atoms with E-state index in [1.165, 1.54) is 6.20 Å². The lowest BCUT2D eigenvalue weighted by Gasteiger charge is -2.16. The summed E-state index contributed by atoms with van der Waals surface area (Å²) in [6.45, 7) is 6.53. The minimum Gasteiger partial charge on any atom is -0.382 e. The molecule has 0 amide bonds. The molecule has 4 heteroatoms. The highest BCUT2D eigenvalue weighted by Gasteiger charge is 2.05. The van der Waals surface area contributed by atoms with Gasteiger partial charge in [-0.25, -0.2) is 4.98 Å². The number of nitrogens with zero attached hydrogens (tertiary/aromatic N) is 2. The van der Waals surface area contributed by atoms with E-state index in [1.807, 2.05) is 0 Å². The fourth-order valence-corrected chi connectivity index (χ4v) is 1.47. The van der Waals surface area contributed by atoms with E-state index in [4.69, 9.17) is 5.73 Å². The number of rotatable bonds is 4. The van der Waals surface area contributed by atoms with E-state index in [0.29, 0.717) is 17.8 Å². The van der Waals surface area contributed by atoms with E-state index in [-0.39, 0.29) is 0 Å². The number of aromatic nitrogens is 2. The van der Waals surface area contributed by atoms with Crippen molar-refractivity contribution in [1.29, 1.82) is 0 Å². The molecule has 1 heterocycles. The van der Waals surface area contributed by atoms with Crippen LogP contribution in [0.15, 0.2) is 12.4 Å². The summed E-state index contributed by atoms with van der Waals surface area (Å²) in [4.78, 5) is 8.09. The zero-order valence-corrected chi connectivity index (χ0v) is 8.99. The smallest absolute Gasteiger partial charge is 0.147 e. The Morgan fingerprint density at radius 1 is 1.36 bits per heavy atom. The van der Waals surface area contributed by atoms with Gasteiger partial charge < -0.3 is 11.1 Å². The quantitative estimate of drug-likeness (QED) is 0.768. The molecule has 78 valence electrons. The first-order valence-electron chi connectivity index (χ1n) is 4.92. The molecule has 0 radical (unpaired) electrons. The van der Waals surface area contributed by atoms with Crippen LogP contribution in [0.25, 0.3) is 0 Å². The van der Waals surface area contributed by atoms with Crippen LogP contribution in [0, 0.1) is 5.92 Å². The average Bonchev–Trinajstić information content (AvgIpc) is 2.01. The Balaban J connectivity index is 2.51. The second kappa shape index (κ2) is 4.79. The SMILES string of the molecule is CC(C)CC(C)Nc1cncc(N)n1. The van der Waals surface area contributed by atoms with Crippen LogP contribution < -0.4 is 11.1 Å². The summed E-state index contributed by atoms with van der Waals surface area (Å²) < 4.78 is 0. The third-order valence-electron chi connectivity index (χ3n) is 1.87. The van der Waals surface area contributed by atoms with Crippen molar-refractivity contribution in [2.24, 2.45) is 5.92 Å². The van der Waals surface area contributed by atoms with Crippen LogP contribution in [0.1, 0.15) is 27.2 Å². The molecule has 1 atom stereocenters. The Bertz CT molecular complexity index is 285. The number of hydrogen-bond donors (Lipinski definition) is 2. The van der Waals surface area contributed by atoms with Gasteiger partial charge in [-0.2, -0.15) is 0 Å². The molecular formula is C10H18N4. The molecule has 14 heavy (non-hydrogen) atoms. The maximum absolute atomic E-state index is 5.52. The van der Waals surface area contributed by atoms with Crippen LogP contribution in [0.5, 0.6) is 0 Å². The lowest BCUT2D eigenvalue weighted by molar-refractivity contribution is 0.539. The molecule has 0 bridgehead atoms. The molecular weight excluding hydrogens is 176 g/mol. The fourth-order valence-electron chi connectivity index (χ4n) is 1.47. The van der Waals surface area contributed by atoms with E-state index < -0.39 is 0 Å². The predicted molar refractivity (Wildman–Crippen MR) is 59.0 cm³/mol. The Labute approximate surface area is 85.0 Å². The minimum atomic E-state index is 0.395. The second-order valence-corrected chi connectivity index (χ2v) is 4.00. The van der Waals surface area contributed by atoms with E-state index in [2.05, 4.69) is 36.1 Å². The highest BCUT2D eigenvalue weighted by Crippen LogP contribution is 2.10. The molecule has 0 aliphatic carbocycles. The van der Waals surface area contributed by atoms with E-state index in [0.717, 1.165) is 12.2 Å². The van der Waals surface area contributed by atoms with Gasteiger partial charge in [-0.05, 0) is 19.3 Å². The summed E-state index contributed by atoms with van der Waals surface area (Å²) in [6, 6.07) is 0.395. The Morgan fingerprint density at radius 2 is 2.07 bits per heavy atom. The highest BCUT2D eigenvalue weighted by atomic mass is 15.1. The molecule has 0 spiro atoms. The molecule has 0 aromatic carbocycles. The van der Waals surface area contributed by atoms with Crippen molar-refractivity contribution in [2.75, 3.05) is 11.1 Å². The van der Waals surface area contributed by atoms with Gasteiger partial charge >= 0.3 is 0 Å². The minimum absolute atomic E-state index is 0.395. The Kier molecular flexibility index (Phi) is 3.68. The van der Waals surface area contributed by atoms with Crippen LogP contribution in [-0.4, -0.2) is 16.0 Å². The first-order chi connectivity index (χ1) is 6.58. The van der Waals surface area contributed by atoms with Crippen LogP contribution in [-0.2, 0) is 0 Å². The normalized spacial score (nSPS) is 12.9. The maximum atomic E-state index is 5.52. The third kappa shape index (κ3) is 3.60. The lowest BCUT2D eigenvalue weighted by atomic mass is 10.1. The third-order valence-corrected chi connectivity index (χ3v) is 1.87. The van der Waals surface area contributed by atoms with Gasteiger partial charge in [0, 0.05) is 6.04 Å². The summed E-state index contributed by atoms with van der Waals surface area (Å²) in [6.07, 6.45) is 4.34. The second-order valence-electron chi connectivity index (χ2n) is 4.00. The van der Waals surface area contributed by atoms with Crippen molar-refractivity contribution in [3.8, 4) is 0 Å². The molecule has 1 unspecified atom stereocenters. The van der Waals surface area contributed by atoms with Crippen LogP contribution in [0.4, 0.5) is 11.6 Å². The summed E-state index contributed by atoms with van der Waals surface area (Å²) in [5.41, 5.74) is 5.52. The van der Waals surface area contributed by atoms with E-state index in [9.17, 15) is 0 Å². The summed E-state index contributed by atoms with van der Waals surface area (Å²) in [7, 11) is 0. The maximum Gasteiger partial charge on any atom is 0.147 e. The van der Waals surface area contributed by atoms with Crippen molar-refractivity contribution in [3.05, 3.63) is 12.4 Å². The largest absolute Gasteiger partial charge is 0.382 e. The number of nitrogen functional groups attached to an aromatic ring is 1. The molecule has 1 rings (SSSR count). The number of nitrogens with two attached hydrogens (primary N) is 1. The molecule has 3 N–H and O–H groups in total. The Hall–Kier alpha value is -1.32. The first kappa shape index (κ1) is 10.8. The topological polar surface area (TPSA) is 63.8 Å². The van der Waals surface area contributed by atoms with Gasteiger partial charge in [0.05, 0.1) is 12.4 Å². The first-order valence-corrected chi connectivity index (χ1v) is 4.92. The number of anilines is 2. The molecule has 0 saturated carbocycles. The molecule has 0 fully saturated rings. The van der Waals surface area contributed by atoms with Gasteiger partial charge in [0.15, 0.2) is 0 Å². The monoisotopic (exact) mass is 194 g/mol. The van der Waals surface area contributed by atoms with Gasteiger partial charge in [0.2, 0.25) is 0 Å². The van der Waals surface area contributed by atoms with Crippen LogP contribution in [0.3, 0.4) is 0 Å². The number of nitrogens with one attached hydrogen (secondary N) is 1. The zero-order chi connectivity index (χ0) is 10.6. The number of hydrogen-bond acceptors (Lipinski definition) is 4. The molecule has 1 aromatic rings. The van der Waals surface area contributed by atoms with Crippen molar-refractivity contribution in [3.63, 3.8) is 0 Å². The highest BCUT2D eigenvalue weighted by molar-refractivity contribution is 5.38. The predicted octanol–water partition coefficient (Wildman–Crippen LogP) is 1.91. The van der Waals surface area contributed by atoms with Crippen LogP contribution in [0.2, 0.25) is 0 Å². The van der Waals surface area contributed by atoms with Crippen molar-refractivity contribution < 1.29 is 0 Å². The standard InChI is InChI=1S/C10H18N4/c1-7(2)4-8(3)13-10-6-12-5-9(11)14-10/h5-8H,4H2,1-3H3,(H3,11,13,14). The van der Waals surface area contributed by atoms with Gasteiger partial charge in [-0.1, -0.05) is 13.8 Å². The molecule has 0 aliphatic heterocycles. The average molecular weight is 194 g/mol.